The fraction of sp³-hybridized carbons (Fsp3) is 0.750. The van der Waals surface area contributed by atoms with Crippen molar-refractivity contribution in [1.82, 2.24) is 14.7 Å². The third kappa shape index (κ3) is 7.06. The van der Waals surface area contributed by atoms with Gasteiger partial charge >= 0.3 is 0 Å². The fourth-order valence-electron chi connectivity index (χ4n) is 3.77. The summed E-state index contributed by atoms with van der Waals surface area (Å²) in [6, 6.07) is 3.37. The first-order valence-corrected chi connectivity index (χ1v) is 10.3. The molecular formula is C20H33N3O6. The molecule has 1 amide bonds. The molecule has 2 aliphatic rings. The summed E-state index contributed by atoms with van der Waals surface area (Å²) in [4.78, 5) is 18.9. The van der Waals surface area contributed by atoms with Crippen LogP contribution in [-0.4, -0.2) is 124 Å². The summed E-state index contributed by atoms with van der Waals surface area (Å²) in [5.74, 6) is 0.148. The zero-order chi connectivity index (χ0) is 20.5. The van der Waals surface area contributed by atoms with Crippen molar-refractivity contribution in [3.63, 3.8) is 0 Å². The van der Waals surface area contributed by atoms with Crippen LogP contribution in [-0.2, 0) is 14.2 Å². The average Bonchev–Trinajstić information content (AvgIpc) is 3.26. The molecule has 0 radical (unpaired) electrons. The Labute approximate surface area is 172 Å². The number of rotatable bonds is 10. The predicted molar refractivity (Wildman–Crippen MR) is 106 cm³/mol. The van der Waals surface area contributed by atoms with E-state index in [1.54, 1.807) is 24.1 Å². The highest BCUT2D eigenvalue weighted by molar-refractivity contribution is 5.91. The van der Waals surface area contributed by atoms with Gasteiger partial charge in [0.25, 0.3) is 5.91 Å². The van der Waals surface area contributed by atoms with Gasteiger partial charge in [0.15, 0.2) is 5.76 Å². The van der Waals surface area contributed by atoms with Crippen LogP contribution < -0.4 is 0 Å². The Balaban J connectivity index is 1.49. The Morgan fingerprint density at radius 2 is 2.03 bits per heavy atom. The quantitative estimate of drug-likeness (QED) is 0.565. The number of methoxy groups -OCH3 is 1. The van der Waals surface area contributed by atoms with Crippen LogP contribution in [0.1, 0.15) is 10.6 Å². The minimum atomic E-state index is -0.416. The summed E-state index contributed by atoms with van der Waals surface area (Å²) in [7, 11) is 1.62. The SMILES string of the molecule is COCCN(CC1CN(CC(O)CN2CCOCC2)CCO1)C(=O)c1ccco1. The van der Waals surface area contributed by atoms with E-state index in [1.165, 1.54) is 6.26 Å². The van der Waals surface area contributed by atoms with Gasteiger partial charge in [-0.05, 0) is 12.1 Å². The standard InChI is InChI=1S/C20H33N3O6/c1-26-9-7-23(20(25)19-3-2-8-29-19)16-18-15-22(6-12-28-18)14-17(24)13-21-4-10-27-11-5-21/h2-3,8,17-18,24H,4-7,9-16H2,1H3. The zero-order valence-electron chi connectivity index (χ0n) is 17.2. The van der Waals surface area contributed by atoms with E-state index >= 15 is 0 Å². The van der Waals surface area contributed by atoms with Crippen molar-refractivity contribution in [2.24, 2.45) is 0 Å². The van der Waals surface area contributed by atoms with Crippen LogP contribution in [0.15, 0.2) is 22.8 Å². The van der Waals surface area contributed by atoms with Gasteiger partial charge in [0.05, 0.1) is 44.9 Å². The maximum atomic E-state index is 12.7. The molecule has 29 heavy (non-hydrogen) atoms. The van der Waals surface area contributed by atoms with Gasteiger partial charge in [0, 0.05) is 59.5 Å². The first kappa shape index (κ1) is 22.2. The van der Waals surface area contributed by atoms with Crippen LogP contribution in [0.5, 0.6) is 0 Å². The van der Waals surface area contributed by atoms with Gasteiger partial charge in [-0.3, -0.25) is 14.6 Å². The number of amides is 1. The highest BCUT2D eigenvalue weighted by atomic mass is 16.5. The second-order valence-corrected chi connectivity index (χ2v) is 7.54. The first-order valence-electron chi connectivity index (χ1n) is 10.3. The number of ether oxygens (including phenoxy) is 3. The molecule has 2 saturated heterocycles. The molecule has 2 aliphatic heterocycles. The van der Waals surface area contributed by atoms with Crippen LogP contribution in [0.3, 0.4) is 0 Å². The minimum Gasteiger partial charge on any atom is -0.459 e. The Morgan fingerprint density at radius 3 is 2.76 bits per heavy atom. The Hall–Kier alpha value is -1.49. The van der Waals surface area contributed by atoms with Gasteiger partial charge in [-0.2, -0.15) is 0 Å². The molecule has 2 unspecified atom stereocenters. The molecule has 164 valence electrons. The van der Waals surface area contributed by atoms with Gasteiger partial charge in [-0.25, -0.2) is 0 Å². The Bertz CT molecular complexity index is 593. The summed E-state index contributed by atoms with van der Waals surface area (Å²) in [5, 5.41) is 10.5. The molecule has 2 atom stereocenters. The van der Waals surface area contributed by atoms with E-state index in [1.807, 2.05) is 0 Å². The maximum absolute atomic E-state index is 12.7. The van der Waals surface area contributed by atoms with Crippen molar-refractivity contribution in [2.75, 3.05) is 85.9 Å². The molecule has 0 bridgehead atoms. The highest BCUT2D eigenvalue weighted by Gasteiger charge is 2.28. The molecule has 0 spiro atoms. The van der Waals surface area contributed by atoms with Crippen molar-refractivity contribution >= 4 is 5.91 Å². The number of β-amino-alcohol motifs (C(OH)–C–C–N with tert-alkyl or cyclic N) is 1. The predicted octanol–water partition coefficient (Wildman–Crippen LogP) is -0.238. The van der Waals surface area contributed by atoms with E-state index in [0.29, 0.717) is 51.7 Å². The number of hydrogen-bond acceptors (Lipinski definition) is 8. The number of morpholine rings is 2. The zero-order valence-corrected chi connectivity index (χ0v) is 17.2. The number of carbonyl (C=O) groups excluding carboxylic acids is 1. The molecule has 0 aliphatic carbocycles. The third-order valence-corrected chi connectivity index (χ3v) is 5.27. The summed E-state index contributed by atoms with van der Waals surface area (Å²) in [5.41, 5.74) is 0. The lowest BCUT2D eigenvalue weighted by molar-refractivity contribution is -0.0566. The van der Waals surface area contributed by atoms with E-state index in [0.717, 1.165) is 32.8 Å². The number of aliphatic hydroxyl groups is 1. The highest BCUT2D eigenvalue weighted by Crippen LogP contribution is 2.12. The van der Waals surface area contributed by atoms with E-state index in [2.05, 4.69) is 9.80 Å². The Kier molecular flexibility index (Phi) is 8.91. The molecule has 1 N–H and O–H groups in total. The molecule has 3 rings (SSSR count). The summed E-state index contributed by atoms with van der Waals surface area (Å²) >= 11 is 0. The van der Waals surface area contributed by atoms with Gasteiger partial charge in [-0.1, -0.05) is 0 Å². The van der Waals surface area contributed by atoms with E-state index in [-0.39, 0.29) is 12.0 Å². The molecule has 0 aromatic carbocycles. The largest absolute Gasteiger partial charge is 0.459 e. The molecule has 0 saturated carbocycles. The van der Waals surface area contributed by atoms with Crippen molar-refractivity contribution in [3.05, 3.63) is 24.2 Å². The lowest BCUT2D eigenvalue weighted by atomic mass is 10.2. The van der Waals surface area contributed by atoms with Crippen LogP contribution in [0.25, 0.3) is 0 Å². The molecule has 9 heteroatoms. The van der Waals surface area contributed by atoms with Crippen molar-refractivity contribution < 1.29 is 28.5 Å². The maximum Gasteiger partial charge on any atom is 0.289 e. The smallest absolute Gasteiger partial charge is 0.289 e. The monoisotopic (exact) mass is 411 g/mol. The Morgan fingerprint density at radius 1 is 1.28 bits per heavy atom. The molecule has 3 heterocycles. The number of nitrogens with zero attached hydrogens (tertiary/aromatic N) is 3. The van der Waals surface area contributed by atoms with Crippen molar-refractivity contribution in [3.8, 4) is 0 Å². The van der Waals surface area contributed by atoms with Crippen molar-refractivity contribution in [2.45, 2.75) is 12.2 Å². The summed E-state index contributed by atoms with van der Waals surface area (Å²) in [6.07, 6.45) is 0.965. The molecule has 1 aromatic heterocycles. The number of carbonyl (C=O) groups is 1. The topological polar surface area (TPSA) is 87.9 Å². The van der Waals surface area contributed by atoms with Crippen LogP contribution in [0.2, 0.25) is 0 Å². The molecular weight excluding hydrogens is 378 g/mol. The number of aliphatic hydroxyl groups excluding tert-OH is 1. The van der Waals surface area contributed by atoms with Gasteiger partial charge in [-0.15, -0.1) is 0 Å². The number of furan rings is 1. The fourth-order valence-corrected chi connectivity index (χ4v) is 3.77. The summed E-state index contributed by atoms with van der Waals surface area (Å²) in [6.45, 7) is 7.86. The average molecular weight is 411 g/mol. The molecule has 2 fully saturated rings. The molecule has 9 nitrogen and oxygen atoms in total. The van der Waals surface area contributed by atoms with Crippen LogP contribution in [0.4, 0.5) is 0 Å². The van der Waals surface area contributed by atoms with E-state index < -0.39 is 6.10 Å². The van der Waals surface area contributed by atoms with Gasteiger partial charge in [0.1, 0.15) is 0 Å². The van der Waals surface area contributed by atoms with Crippen LogP contribution >= 0.6 is 0 Å². The first-order chi connectivity index (χ1) is 14.2. The van der Waals surface area contributed by atoms with E-state index in [4.69, 9.17) is 18.6 Å². The third-order valence-electron chi connectivity index (χ3n) is 5.27. The number of hydrogen-bond donors (Lipinski definition) is 1. The van der Waals surface area contributed by atoms with Crippen LogP contribution in [0, 0.1) is 0 Å². The normalized spacial score (nSPS) is 22.5. The lowest BCUT2D eigenvalue weighted by Crippen LogP contribution is -2.52. The molecule has 1 aromatic rings. The van der Waals surface area contributed by atoms with Gasteiger partial charge in [0.2, 0.25) is 0 Å². The van der Waals surface area contributed by atoms with E-state index in [9.17, 15) is 9.90 Å². The second-order valence-electron chi connectivity index (χ2n) is 7.54. The van der Waals surface area contributed by atoms with Crippen molar-refractivity contribution in [1.29, 1.82) is 0 Å². The lowest BCUT2D eigenvalue weighted by Gasteiger charge is -2.37. The van der Waals surface area contributed by atoms with Gasteiger partial charge < -0.3 is 28.6 Å². The summed E-state index contributed by atoms with van der Waals surface area (Å²) < 4.78 is 21.7. The second kappa shape index (κ2) is 11.6. The minimum absolute atomic E-state index is 0.116.